The van der Waals surface area contributed by atoms with Crippen LogP contribution in [0.5, 0.6) is 5.75 Å². The van der Waals surface area contributed by atoms with Gasteiger partial charge in [0.2, 0.25) is 0 Å². The number of rotatable bonds is 5. The van der Waals surface area contributed by atoms with Crippen molar-refractivity contribution in [3.63, 3.8) is 0 Å². The predicted molar refractivity (Wildman–Crippen MR) is 71.4 cm³/mol. The Balaban J connectivity index is 2.27. The highest BCUT2D eigenvalue weighted by atomic mass is 19.1. The van der Waals surface area contributed by atoms with Crippen LogP contribution in [-0.2, 0) is 4.74 Å². The van der Waals surface area contributed by atoms with Crippen LogP contribution in [-0.4, -0.2) is 25.9 Å². The van der Waals surface area contributed by atoms with Crippen molar-refractivity contribution in [3.05, 3.63) is 42.0 Å². The average molecular weight is 262 g/mol. The molecule has 0 aromatic heterocycles. The van der Waals surface area contributed by atoms with Gasteiger partial charge in [-0.2, -0.15) is 0 Å². The third kappa shape index (κ3) is 3.22. The highest BCUT2D eigenvalue weighted by molar-refractivity contribution is 5.95. The quantitative estimate of drug-likeness (QED) is 0.775. The molecule has 0 unspecified atom stereocenters. The first kappa shape index (κ1) is 13.3. The molecular weight excluding hydrogens is 247 g/mol. The molecule has 3 nitrogen and oxygen atoms in total. The van der Waals surface area contributed by atoms with Crippen molar-refractivity contribution >= 4 is 16.7 Å². The fraction of sp³-hybridized carbons (Fsp3) is 0.267. The van der Waals surface area contributed by atoms with E-state index >= 15 is 0 Å². The second-order valence-electron chi connectivity index (χ2n) is 3.98. The zero-order valence-electron chi connectivity index (χ0n) is 10.7. The molecule has 100 valence electrons. The van der Waals surface area contributed by atoms with Gasteiger partial charge in [-0.3, -0.25) is 0 Å². The maximum atomic E-state index is 12.0. The van der Waals surface area contributed by atoms with Crippen molar-refractivity contribution in [3.8, 4) is 5.75 Å². The Hall–Kier alpha value is -2.10. The molecule has 2 aromatic carbocycles. The molecule has 4 heteroatoms. The molecule has 0 saturated heterocycles. The zero-order valence-corrected chi connectivity index (χ0v) is 10.7. The second-order valence-corrected chi connectivity index (χ2v) is 3.98. The number of hydrogen-bond donors (Lipinski definition) is 0. The van der Waals surface area contributed by atoms with Crippen LogP contribution in [0, 0.1) is 0 Å². The summed E-state index contributed by atoms with van der Waals surface area (Å²) in [5, 5.41) is 1.85. The largest absolute Gasteiger partial charge is 0.491 e. The van der Waals surface area contributed by atoms with Crippen molar-refractivity contribution in [2.45, 2.75) is 6.92 Å². The van der Waals surface area contributed by atoms with Crippen LogP contribution in [0.25, 0.3) is 10.8 Å². The fourth-order valence-electron chi connectivity index (χ4n) is 1.81. The highest BCUT2D eigenvalue weighted by Gasteiger charge is 2.07. The summed E-state index contributed by atoms with van der Waals surface area (Å²) in [5.41, 5.74) is 0.520. The highest BCUT2D eigenvalue weighted by Crippen LogP contribution is 2.22. The van der Waals surface area contributed by atoms with Gasteiger partial charge in [-0.25, -0.2) is 9.18 Å². The van der Waals surface area contributed by atoms with Crippen molar-refractivity contribution in [2.75, 3.05) is 19.9 Å². The molecule has 0 bridgehead atoms. The van der Waals surface area contributed by atoms with E-state index in [1.165, 1.54) is 0 Å². The third-order valence-electron chi connectivity index (χ3n) is 2.67. The molecule has 0 heterocycles. The third-order valence-corrected chi connectivity index (χ3v) is 2.67. The van der Waals surface area contributed by atoms with Crippen LogP contribution in [0.1, 0.15) is 17.3 Å². The number of alkyl halides is 1. The summed E-state index contributed by atoms with van der Waals surface area (Å²) in [7, 11) is 0. The van der Waals surface area contributed by atoms with Gasteiger partial charge in [-0.15, -0.1) is 0 Å². The summed E-state index contributed by atoms with van der Waals surface area (Å²) in [6, 6.07) is 10.7. The molecule has 0 aliphatic heterocycles. The first-order valence-corrected chi connectivity index (χ1v) is 6.14. The molecule has 0 atom stereocenters. The smallest absolute Gasteiger partial charge is 0.338 e. The van der Waals surface area contributed by atoms with Gasteiger partial charge in [0.05, 0.1) is 12.2 Å². The van der Waals surface area contributed by atoms with Crippen LogP contribution in [0.2, 0.25) is 0 Å². The van der Waals surface area contributed by atoms with E-state index in [1.807, 2.05) is 18.2 Å². The minimum Gasteiger partial charge on any atom is -0.491 e. The van der Waals surface area contributed by atoms with E-state index in [0.717, 1.165) is 10.8 Å². The number of carbonyl (C=O) groups is 1. The summed E-state index contributed by atoms with van der Waals surface area (Å²) in [6.45, 7) is 1.66. The molecule has 0 spiro atoms. The lowest BCUT2D eigenvalue weighted by Crippen LogP contribution is -2.04. The summed E-state index contributed by atoms with van der Waals surface area (Å²) in [6.07, 6.45) is 0. The first-order valence-electron chi connectivity index (χ1n) is 6.14. The molecule has 0 radical (unpaired) electrons. The summed E-state index contributed by atoms with van der Waals surface area (Å²) in [5.74, 6) is 0.288. The predicted octanol–water partition coefficient (Wildman–Crippen LogP) is 3.36. The summed E-state index contributed by atoms with van der Waals surface area (Å²) < 4.78 is 22.2. The maximum absolute atomic E-state index is 12.0. The molecule has 0 aliphatic carbocycles. The first-order chi connectivity index (χ1) is 9.24. The monoisotopic (exact) mass is 262 g/mol. The van der Waals surface area contributed by atoms with Crippen LogP contribution in [0.15, 0.2) is 36.4 Å². The van der Waals surface area contributed by atoms with E-state index in [-0.39, 0.29) is 12.6 Å². The number of ether oxygens (including phenoxy) is 2. The Labute approximate surface area is 110 Å². The van der Waals surface area contributed by atoms with E-state index < -0.39 is 6.67 Å². The maximum Gasteiger partial charge on any atom is 0.338 e. The van der Waals surface area contributed by atoms with E-state index in [0.29, 0.717) is 17.9 Å². The minimum atomic E-state index is -0.514. The number of fused-ring (bicyclic) bond motifs is 1. The topological polar surface area (TPSA) is 35.5 Å². The van der Waals surface area contributed by atoms with Gasteiger partial charge in [0, 0.05) is 0 Å². The Morgan fingerprint density at radius 1 is 1.16 bits per heavy atom. The zero-order chi connectivity index (χ0) is 13.7. The minimum absolute atomic E-state index is 0.0480. The molecule has 19 heavy (non-hydrogen) atoms. The van der Waals surface area contributed by atoms with E-state index in [9.17, 15) is 9.18 Å². The van der Waals surface area contributed by atoms with Gasteiger partial charge < -0.3 is 9.47 Å². The van der Waals surface area contributed by atoms with Crippen molar-refractivity contribution in [2.24, 2.45) is 0 Å². The Morgan fingerprint density at radius 2 is 1.89 bits per heavy atom. The van der Waals surface area contributed by atoms with Gasteiger partial charge in [0.1, 0.15) is 19.0 Å². The molecular formula is C15H15FO3. The molecule has 0 fully saturated rings. The van der Waals surface area contributed by atoms with Gasteiger partial charge >= 0.3 is 5.97 Å². The SMILES string of the molecule is CCOC(=O)c1ccc2cc(OCCF)ccc2c1. The standard InChI is InChI=1S/C15H15FO3/c1-2-18-15(17)13-4-3-12-10-14(19-8-7-16)6-5-11(12)9-13/h3-6,9-10H,2,7-8H2,1H3. The van der Waals surface area contributed by atoms with E-state index in [4.69, 9.17) is 9.47 Å². The summed E-state index contributed by atoms with van der Waals surface area (Å²) in [4.78, 5) is 11.6. The second kappa shape index (κ2) is 6.18. The lowest BCUT2D eigenvalue weighted by atomic mass is 10.1. The van der Waals surface area contributed by atoms with Gasteiger partial charge in [-0.05, 0) is 42.0 Å². The molecule has 0 amide bonds. The van der Waals surface area contributed by atoms with E-state index in [1.54, 1.807) is 25.1 Å². The number of benzene rings is 2. The van der Waals surface area contributed by atoms with Gasteiger partial charge in [0.15, 0.2) is 0 Å². The molecule has 0 N–H and O–H groups in total. The van der Waals surface area contributed by atoms with Crippen LogP contribution < -0.4 is 4.74 Å². The molecule has 0 saturated carbocycles. The van der Waals surface area contributed by atoms with Crippen molar-refractivity contribution < 1.29 is 18.7 Å². The lowest BCUT2D eigenvalue weighted by Gasteiger charge is -2.07. The summed E-state index contributed by atoms with van der Waals surface area (Å²) >= 11 is 0. The van der Waals surface area contributed by atoms with Crippen LogP contribution >= 0.6 is 0 Å². The Kier molecular flexibility index (Phi) is 4.34. The van der Waals surface area contributed by atoms with Crippen molar-refractivity contribution in [1.82, 2.24) is 0 Å². The Bertz CT molecular complexity index is 581. The molecule has 2 rings (SSSR count). The fourth-order valence-corrected chi connectivity index (χ4v) is 1.81. The number of hydrogen-bond acceptors (Lipinski definition) is 3. The van der Waals surface area contributed by atoms with Crippen LogP contribution in [0.3, 0.4) is 0 Å². The van der Waals surface area contributed by atoms with Crippen LogP contribution in [0.4, 0.5) is 4.39 Å². The van der Waals surface area contributed by atoms with Gasteiger partial charge in [0.25, 0.3) is 0 Å². The normalized spacial score (nSPS) is 10.4. The van der Waals surface area contributed by atoms with Gasteiger partial charge in [-0.1, -0.05) is 12.1 Å². The van der Waals surface area contributed by atoms with Crippen molar-refractivity contribution in [1.29, 1.82) is 0 Å². The number of carbonyl (C=O) groups excluding carboxylic acids is 1. The Morgan fingerprint density at radius 3 is 2.63 bits per heavy atom. The average Bonchev–Trinajstić information content (AvgIpc) is 2.44. The lowest BCUT2D eigenvalue weighted by molar-refractivity contribution is 0.0526. The molecule has 0 aliphatic rings. The number of esters is 1. The molecule has 2 aromatic rings. The number of halogens is 1. The van der Waals surface area contributed by atoms with E-state index in [2.05, 4.69) is 0 Å².